The minimum absolute atomic E-state index is 0.157. The summed E-state index contributed by atoms with van der Waals surface area (Å²) in [6.07, 6.45) is 0.922. The Morgan fingerprint density at radius 1 is 1.69 bits per heavy atom. The van der Waals surface area contributed by atoms with E-state index < -0.39 is 0 Å². The van der Waals surface area contributed by atoms with Crippen LogP contribution in [0.15, 0.2) is 5.16 Å². The summed E-state index contributed by atoms with van der Waals surface area (Å²) in [4.78, 5) is 17.6. The molecule has 0 aliphatic carbocycles. The predicted octanol–water partition coefficient (Wildman–Crippen LogP) is 0.485. The maximum atomic E-state index is 10.8. The summed E-state index contributed by atoms with van der Waals surface area (Å²) in [6, 6.07) is 0.157. The SMILES string of the molecule is CC(C)[C@H]1C2=NOCC2CN1C=O. The van der Waals surface area contributed by atoms with Crippen molar-refractivity contribution in [3.8, 4) is 0 Å². The molecule has 72 valence electrons. The van der Waals surface area contributed by atoms with E-state index in [1.807, 2.05) is 4.90 Å². The molecule has 1 saturated heterocycles. The Morgan fingerprint density at radius 2 is 2.46 bits per heavy atom. The Bertz CT molecular complexity index is 250. The van der Waals surface area contributed by atoms with Gasteiger partial charge < -0.3 is 9.74 Å². The summed E-state index contributed by atoms with van der Waals surface area (Å²) < 4.78 is 0. The first kappa shape index (κ1) is 8.53. The van der Waals surface area contributed by atoms with Gasteiger partial charge in [-0.15, -0.1) is 0 Å². The maximum Gasteiger partial charge on any atom is 0.210 e. The Labute approximate surface area is 77.5 Å². The molecule has 0 radical (unpaired) electrons. The number of fused-ring (bicyclic) bond motifs is 1. The van der Waals surface area contributed by atoms with Gasteiger partial charge in [0.05, 0.1) is 17.7 Å². The second-order valence-electron chi connectivity index (χ2n) is 4.00. The number of rotatable bonds is 2. The summed E-state index contributed by atoms with van der Waals surface area (Å²) in [5.41, 5.74) is 1.06. The lowest BCUT2D eigenvalue weighted by molar-refractivity contribution is -0.119. The van der Waals surface area contributed by atoms with Crippen molar-refractivity contribution in [2.24, 2.45) is 17.0 Å². The van der Waals surface area contributed by atoms with Gasteiger partial charge in [-0.05, 0) is 5.92 Å². The van der Waals surface area contributed by atoms with Crippen LogP contribution in [0.3, 0.4) is 0 Å². The van der Waals surface area contributed by atoms with Gasteiger partial charge >= 0.3 is 0 Å². The Morgan fingerprint density at radius 3 is 3.08 bits per heavy atom. The van der Waals surface area contributed by atoms with E-state index in [0.29, 0.717) is 18.4 Å². The van der Waals surface area contributed by atoms with E-state index in [2.05, 4.69) is 19.0 Å². The first-order valence-corrected chi connectivity index (χ1v) is 4.65. The monoisotopic (exact) mass is 182 g/mol. The van der Waals surface area contributed by atoms with E-state index in [9.17, 15) is 4.79 Å². The number of amides is 1. The topological polar surface area (TPSA) is 41.9 Å². The molecule has 0 aromatic heterocycles. The third-order valence-electron chi connectivity index (χ3n) is 2.72. The molecule has 1 unspecified atom stereocenters. The van der Waals surface area contributed by atoms with Crippen molar-refractivity contribution in [2.75, 3.05) is 13.2 Å². The van der Waals surface area contributed by atoms with Crippen LogP contribution in [-0.4, -0.2) is 36.2 Å². The molecule has 2 aliphatic rings. The number of nitrogens with zero attached hydrogens (tertiary/aromatic N) is 2. The van der Waals surface area contributed by atoms with Crippen LogP contribution in [0.2, 0.25) is 0 Å². The van der Waals surface area contributed by atoms with Crippen molar-refractivity contribution >= 4 is 12.1 Å². The highest BCUT2D eigenvalue weighted by Gasteiger charge is 2.42. The van der Waals surface area contributed by atoms with Crippen LogP contribution in [-0.2, 0) is 9.63 Å². The highest BCUT2D eigenvalue weighted by molar-refractivity contribution is 5.96. The zero-order chi connectivity index (χ0) is 9.42. The van der Waals surface area contributed by atoms with E-state index in [-0.39, 0.29) is 6.04 Å². The van der Waals surface area contributed by atoms with Gasteiger partial charge in [0, 0.05) is 6.54 Å². The summed E-state index contributed by atoms with van der Waals surface area (Å²) in [5.74, 6) is 0.758. The molecule has 0 bridgehead atoms. The zero-order valence-corrected chi connectivity index (χ0v) is 7.93. The molecule has 1 fully saturated rings. The van der Waals surface area contributed by atoms with E-state index in [1.165, 1.54) is 0 Å². The van der Waals surface area contributed by atoms with Crippen molar-refractivity contribution in [2.45, 2.75) is 19.9 Å². The predicted molar refractivity (Wildman–Crippen MR) is 48.3 cm³/mol. The smallest absolute Gasteiger partial charge is 0.210 e. The number of likely N-dealkylation sites (tertiary alicyclic amines) is 1. The van der Waals surface area contributed by atoms with Crippen molar-refractivity contribution in [3.05, 3.63) is 0 Å². The second kappa shape index (κ2) is 3.01. The van der Waals surface area contributed by atoms with Crippen LogP contribution in [0, 0.1) is 11.8 Å². The van der Waals surface area contributed by atoms with E-state index in [4.69, 9.17) is 4.84 Å². The minimum Gasteiger partial charge on any atom is -0.395 e. The average molecular weight is 182 g/mol. The van der Waals surface area contributed by atoms with Crippen LogP contribution in [0.1, 0.15) is 13.8 Å². The summed E-state index contributed by atoms with van der Waals surface area (Å²) in [6.45, 7) is 5.61. The molecular weight excluding hydrogens is 168 g/mol. The van der Waals surface area contributed by atoms with Crippen LogP contribution in [0.4, 0.5) is 0 Å². The Balaban J connectivity index is 2.24. The maximum absolute atomic E-state index is 10.8. The fourth-order valence-corrected chi connectivity index (χ4v) is 2.17. The van der Waals surface area contributed by atoms with Crippen molar-refractivity contribution in [3.63, 3.8) is 0 Å². The second-order valence-corrected chi connectivity index (χ2v) is 4.00. The summed E-state index contributed by atoms with van der Waals surface area (Å²) in [7, 11) is 0. The van der Waals surface area contributed by atoms with Gasteiger partial charge in [-0.1, -0.05) is 19.0 Å². The summed E-state index contributed by atoms with van der Waals surface area (Å²) >= 11 is 0. The molecule has 2 heterocycles. The van der Waals surface area contributed by atoms with E-state index >= 15 is 0 Å². The largest absolute Gasteiger partial charge is 0.395 e. The molecule has 1 amide bonds. The number of hydrogen-bond acceptors (Lipinski definition) is 3. The van der Waals surface area contributed by atoms with Gasteiger partial charge in [0.15, 0.2) is 0 Å². The molecule has 0 saturated carbocycles. The summed E-state index contributed by atoms with van der Waals surface area (Å²) in [5, 5.41) is 4.01. The van der Waals surface area contributed by atoms with Gasteiger partial charge in [-0.3, -0.25) is 4.79 Å². The van der Waals surface area contributed by atoms with Gasteiger partial charge in [0.2, 0.25) is 6.41 Å². The Hall–Kier alpha value is -1.06. The molecule has 0 spiro atoms. The number of carbonyl (C=O) groups is 1. The first-order valence-electron chi connectivity index (χ1n) is 4.65. The van der Waals surface area contributed by atoms with Gasteiger partial charge in [0.1, 0.15) is 6.61 Å². The molecular formula is C9H14N2O2. The molecule has 2 rings (SSSR count). The van der Waals surface area contributed by atoms with Gasteiger partial charge in [-0.2, -0.15) is 0 Å². The van der Waals surface area contributed by atoms with E-state index in [1.54, 1.807) is 0 Å². The zero-order valence-electron chi connectivity index (χ0n) is 7.93. The minimum atomic E-state index is 0.157. The quantitative estimate of drug-likeness (QED) is 0.583. The third-order valence-corrected chi connectivity index (χ3v) is 2.72. The van der Waals surface area contributed by atoms with Crippen LogP contribution < -0.4 is 0 Å². The molecule has 0 aromatic rings. The standard InChI is InChI=1S/C9H14N2O2/c1-6(2)9-8-7(4-13-10-8)3-11(9)5-12/h5-7,9H,3-4H2,1-2H3/t7?,9-/m0/s1. The highest BCUT2D eigenvalue weighted by atomic mass is 16.6. The van der Waals surface area contributed by atoms with Crippen molar-refractivity contribution in [1.82, 2.24) is 4.90 Å². The normalized spacial score (nSPS) is 31.6. The van der Waals surface area contributed by atoms with Crippen LogP contribution in [0.25, 0.3) is 0 Å². The van der Waals surface area contributed by atoms with Crippen LogP contribution in [0.5, 0.6) is 0 Å². The number of carbonyl (C=O) groups excluding carboxylic acids is 1. The highest BCUT2D eigenvalue weighted by Crippen LogP contribution is 2.28. The van der Waals surface area contributed by atoms with E-state index in [0.717, 1.165) is 18.7 Å². The average Bonchev–Trinajstić information content (AvgIpc) is 2.59. The Kier molecular flexibility index (Phi) is 1.98. The molecule has 2 aliphatic heterocycles. The lowest BCUT2D eigenvalue weighted by atomic mass is 9.96. The van der Waals surface area contributed by atoms with Crippen molar-refractivity contribution in [1.29, 1.82) is 0 Å². The lowest BCUT2D eigenvalue weighted by Crippen LogP contribution is -2.36. The number of hydrogen-bond donors (Lipinski definition) is 0. The third kappa shape index (κ3) is 1.20. The molecule has 0 N–H and O–H groups in total. The molecule has 4 heteroatoms. The number of oxime groups is 1. The molecule has 0 aromatic carbocycles. The molecule has 2 atom stereocenters. The van der Waals surface area contributed by atoms with Crippen molar-refractivity contribution < 1.29 is 9.63 Å². The fourth-order valence-electron chi connectivity index (χ4n) is 2.17. The van der Waals surface area contributed by atoms with Gasteiger partial charge in [0.25, 0.3) is 0 Å². The van der Waals surface area contributed by atoms with Gasteiger partial charge in [-0.25, -0.2) is 0 Å². The first-order chi connectivity index (χ1) is 6.24. The molecule has 13 heavy (non-hydrogen) atoms. The lowest BCUT2D eigenvalue weighted by Gasteiger charge is -2.22. The van der Waals surface area contributed by atoms with Crippen LogP contribution >= 0.6 is 0 Å². The fraction of sp³-hybridized carbons (Fsp3) is 0.778. The molecule has 4 nitrogen and oxygen atoms in total.